The van der Waals surface area contributed by atoms with Crippen LogP contribution in [0.3, 0.4) is 0 Å². The number of nitrogens with one attached hydrogen (secondary N) is 1. The first-order chi connectivity index (χ1) is 15.6. The van der Waals surface area contributed by atoms with Crippen molar-refractivity contribution in [1.82, 2.24) is 10.2 Å². The summed E-state index contributed by atoms with van der Waals surface area (Å²) in [7, 11) is -3.77. The SMILES string of the molecule is Cc1ccc(C)c(N(CC(=O)N(Cc2ccc(Cl)cc2)[C@H](C)C(=O)NC(C)(C)C)S(C)(=O)=O)c1. The average Bonchev–Trinajstić information content (AvgIpc) is 2.70. The molecule has 0 aromatic heterocycles. The van der Waals surface area contributed by atoms with E-state index in [1.54, 1.807) is 44.2 Å². The van der Waals surface area contributed by atoms with E-state index in [9.17, 15) is 18.0 Å². The second-order valence-corrected chi connectivity index (χ2v) is 12.0. The molecule has 0 fully saturated rings. The fraction of sp³-hybridized carbons (Fsp3) is 0.440. The second-order valence-electron chi connectivity index (χ2n) is 9.62. The number of benzene rings is 2. The molecule has 0 saturated heterocycles. The number of rotatable bonds is 8. The van der Waals surface area contributed by atoms with Crippen molar-refractivity contribution in [3.8, 4) is 0 Å². The summed E-state index contributed by atoms with van der Waals surface area (Å²) in [4.78, 5) is 27.9. The van der Waals surface area contributed by atoms with Crippen LogP contribution in [-0.4, -0.2) is 49.5 Å². The molecule has 1 N–H and O–H groups in total. The van der Waals surface area contributed by atoms with Crippen LogP contribution < -0.4 is 9.62 Å². The number of carbonyl (C=O) groups is 2. The van der Waals surface area contributed by atoms with Crippen molar-refractivity contribution in [2.75, 3.05) is 17.1 Å². The maximum absolute atomic E-state index is 13.6. The van der Waals surface area contributed by atoms with Crippen molar-refractivity contribution in [2.24, 2.45) is 0 Å². The lowest BCUT2D eigenvalue weighted by Crippen LogP contribution is -2.54. The van der Waals surface area contributed by atoms with Crippen LogP contribution in [0.5, 0.6) is 0 Å². The molecular formula is C25H34ClN3O4S. The molecule has 2 aromatic carbocycles. The lowest BCUT2D eigenvalue weighted by atomic mass is 10.1. The van der Waals surface area contributed by atoms with Crippen LogP contribution in [0.25, 0.3) is 0 Å². The van der Waals surface area contributed by atoms with E-state index in [0.717, 1.165) is 27.3 Å². The lowest BCUT2D eigenvalue weighted by molar-refractivity contribution is -0.140. The van der Waals surface area contributed by atoms with Gasteiger partial charge in [-0.25, -0.2) is 8.42 Å². The molecule has 2 rings (SSSR count). The Bertz CT molecular complexity index is 1140. The normalized spacial score (nSPS) is 12.7. The number of anilines is 1. The number of aryl methyl sites for hydroxylation is 2. The number of sulfonamides is 1. The van der Waals surface area contributed by atoms with Gasteiger partial charge in [-0.3, -0.25) is 13.9 Å². The van der Waals surface area contributed by atoms with Crippen LogP contribution >= 0.6 is 11.6 Å². The quantitative estimate of drug-likeness (QED) is 0.583. The molecule has 0 heterocycles. The Morgan fingerprint density at radius 3 is 2.18 bits per heavy atom. The van der Waals surface area contributed by atoms with Gasteiger partial charge in [0.15, 0.2) is 0 Å². The van der Waals surface area contributed by atoms with Crippen LogP contribution in [0.15, 0.2) is 42.5 Å². The van der Waals surface area contributed by atoms with E-state index in [1.165, 1.54) is 4.90 Å². The summed E-state index contributed by atoms with van der Waals surface area (Å²) >= 11 is 5.99. The van der Waals surface area contributed by atoms with Gasteiger partial charge in [0.25, 0.3) is 0 Å². The van der Waals surface area contributed by atoms with Gasteiger partial charge >= 0.3 is 0 Å². The Kier molecular flexibility index (Phi) is 8.77. The summed E-state index contributed by atoms with van der Waals surface area (Å²) in [5.74, 6) is -0.815. The largest absolute Gasteiger partial charge is 0.350 e. The van der Waals surface area contributed by atoms with Gasteiger partial charge in [-0.15, -0.1) is 0 Å². The highest BCUT2D eigenvalue weighted by atomic mass is 35.5. The van der Waals surface area contributed by atoms with Gasteiger partial charge in [0, 0.05) is 17.1 Å². The third-order valence-electron chi connectivity index (χ3n) is 5.24. The summed E-state index contributed by atoms with van der Waals surface area (Å²) in [6.07, 6.45) is 1.07. The molecule has 0 aliphatic rings. The fourth-order valence-corrected chi connectivity index (χ4v) is 4.45. The average molecular weight is 508 g/mol. The maximum atomic E-state index is 13.6. The Morgan fingerprint density at radius 1 is 1.06 bits per heavy atom. The lowest BCUT2D eigenvalue weighted by Gasteiger charge is -2.33. The molecule has 0 aliphatic carbocycles. The summed E-state index contributed by atoms with van der Waals surface area (Å²) in [5.41, 5.74) is 2.32. The van der Waals surface area contributed by atoms with E-state index in [2.05, 4.69) is 5.32 Å². The van der Waals surface area contributed by atoms with Gasteiger partial charge in [0.05, 0.1) is 11.9 Å². The molecule has 2 aromatic rings. The molecule has 1 atom stereocenters. The zero-order valence-corrected chi connectivity index (χ0v) is 22.4. The molecule has 2 amide bonds. The van der Waals surface area contributed by atoms with E-state index < -0.39 is 34.1 Å². The van der Waals surface area contributed by atoms with Gasteiger partial charge in [-0.1, -0.05) is 35.9 Å². The Hall–Kier alpha value is -2.58. The topological polar surface area (TPSA) is 86.8 Å². The van der Waals surface area contributed by atoms with Crippen LogP contribution in [0.1, 0.15) is 44.4 Å². The second kappa shape index (κ2) is 10.8. The highest BCUT2D eigenvalue weighted by Gasteiger charge is 2.31. The fourth-order valence-electron chi connectivity index (χ4n) is 3.43. The minimum absolute atomic E-state index is 0.124. The summed E-state index contributed by atoms with van der Waals surface area (Å²) < 4.78 is 26.5. The third kappa shape index (κ3) is 7.74. The summed E-state index contributed by atoms with van der Waals surface area (Å²) in [6, 6.07) is 11.6. The van der Waals surface area contributed by atoms with Gasteiger partial charge in [0.1, 0.15) is 12.6 Å². The minimum atomic E-state index is -3.77. The molecule has 0 saturated carbocycles. The van der Waals surface area contributed by atoms with Crippen LogP contribution in [0.4, 0.5) is 5.69 Å². The van der Waals surface area contributed by atoms with Crippen molar-refractivity contribution in [3.63, 3.8) is 0 Å². The zero-order valence-electron chi connectivity index (χ0n) is 20.8. The highest BCUT2D eigenvalue weighted by molar-refractivity contribution is 7.92. The molecule has 0 radical (unpaired) electrons. The molecule has 34 heavy (non-hydrogen) atoms. The summed E-state index contributed by atoms with van der Waals surface area (Å²) in [5, 5.41) is 3.45. The van der Waals surface area contributed by atoms with Crippen LogP contribution in [0, 0.1) is 13.8 Å². The zero-order chi connectivity index (χ0) is 25.8. The van der Waals surface area contributed by atoms with Gasteiger partial charge in [-0.05, 0) is 76.4 Å². The van der Waals surface area contributed by atoms with E-state index in [-0.39, 0.29) is 12.5 Å². The monoisotopic (exact) mass is 507 g/mol. The van der Waals surface area contributed by atoms with Gasteiger partial charge in [-0.2, -0.15) is 0 Å². The first kappa shape index (κ1) is 27.7. The Labute approximate surface area is 208 Å². The Morgan fingerprint density at radius 2 is 1.65 bits per heavy atom. The van der Waals surface area contributed by atoms with Crippen LogP contribution in [-0.2, 0) is 26.2 Å². The maximum Gasteiger partial charge on any atom is 0.244 e. The minimum Gasteiger partial charge on any atom is -0.350 e. The van der Waals surface area contributed by atoms with Crippen molar-refractivity contribution in [3.05, 3.63) is 64.2 Å². The predicted octanol–water partition coefficient (Wildman–Crippen LogP) is 4.05. The van der Waals surface area contributed by atoms with Crippen molar-refractivity contribution in [2.45, 2.75) is 59.7 Å². The predicted molar refractivity (Wildman–Crippen MR) is 137 cm³/mol. The first-order valence-corrected chi connectivity index (χ1v) is 13.2. The van der Waals surface area contributed by atoms with E-state index in [4.69, 9.17) is 11.6 Å². The van der Waals surface area contributed by atoms with Gasteiger partial charge in [0.2, 0.25) is 21.8 Å². The van der Waals surface area contributed by atoms with Gasteiger partial charge < -0.3 is 10.2 Å². The molecular weight excluding hydrogens is 474 g/mol. The number of hydrogen-bond acceptors (Lipinski definition) is 4. The van der Waals surface area contributed by atoms with E-state index >= 15 is 0 Å². The van der Waals surface area contributed by atoms with Crippen LogP contribution in [0.2, 0.25) is 5.02 Å². The molecule has 0 bridgehead atoms. The molecule has 0 spiro atoms. The molecule has 186 valence electrons. The molecule has 7 nitrogen and oxygen atoms in total. The van der Waals surface area contributed by atoms with Crippen molar-refractivity contribution < 1.29 is 18.0 Å². The third-order valence-corrected chi connectivity index (χ3v) is 6.62. The molecule has 0 unspecified atom stereocenters. The molecule has 0 aliphatic heterocycles. The molecule has 9 heteroatoms. The van der Waals surface area contributed by atoms with Crippen molar-refractivity contribution >= 4 is 39.1 Å². The number of carbonyl (C=O) groups excluding carboxylic acids is 2. The number of halogens is 1. The summed E-state index contributed by atoms with van der Waals surface area (Å²) in [6.45, 7) is 10.6. The smallest absolute Gasteiger partial charge is 0.244 e. The number of amides is 2. The van der Waals surface area contributed by atoms with Crippen molar-refractivity contribution in [1.29, 1.82) is 0 Å². The highest BCUT2D eigenvalue weighted by Crippen LogP contribution is 2.25. The van der Waals surface area contributed by atoms with E-state index in [0.29, 0.717) is 10.7 Å². The number of hydrogen-bond donors (Lipinski definition) is 1. The van der Waals surface area contributed by atoms with E-state index in [1.807, 2.05) is 39.8 Å². The first-order valence-electron chi connectivity index (χ1n) is 11.0. The standard InChI is InChI=1S/C25H34ClN3O4S/c1-17-8-9-18(2)22(14-17)29(34(7,32)33)16-23(30)28(15-20-10-12-21(26)13-11-20)19(3)24(31)27-25(4,5)6/h8-14,19H,15-16H2,1-7H3,(H,27,31)/t19-/m1/s1. The Balaban J connectivity index is 2.44. The number of nitrogens with zero attached hydrogens (tertiary/aromatic N) is 2.